The largest absolute Gasteiger partial charge is 0.490 e. The molecule has 190 valence electrons. The molecule has 0 unspecified atom stereocenters. The predicted octanol–water partition coefficient (Wildman–Crippen LogP) is 6.38. The number of urea groups is 1. The van der Waals surface area contributed by atoms with Gasteiger partial charge in [0.15, 0.2) is 11.5 Å². The number of amides is 4. The number of barbiturate groups is 1. The van der Waals surface area contributed by atoms with Crippen molar-refractivity contribution >= 4 is 75.4 Å². The van der Waals surface area contributed by atoms with Crippen molar-refractivity contribution < 1.29 is 28.2 Å². The van der Waals surface area contributed by atoms with E-state index >= 15 is 0 Å². The smallest absolute Gasteiger partial charge is 0.335 e. The lowest BCUT2D eigenvalue weighted by Gasteiger charge is -2.26. The van der Waals surface area contributed by atoms with Crippen LogP contribution in [-0.4, -0.2) is 24.5 Å². The van der Waals surface area contributed by atoms with Crippen molar-refractivity contribution in [2.75, 3.05) is 11.5 Å². The number of rotatable bonds is 7. The minimum atomic E-state index is -0.922. The first-order valence-corrected chi connectivity index (χ1v) is 12.7. The third-order valence-electron chi connectivity index (χ3n) is 5.20. The molecule has 0 spiro atoms. The minimum absolute atomic E-state index is 0.123. The molecular weight excluding hydrogens is 637 g/mol. The maximum atomic E-state index is 13.3. The highest BCUT2D eigenvalue weighted by Gasteiger charge is 2.36. The zero-order chi connectivity index (χ0) is 26.7. The van der Waals surface area contributed by atoms with Gasteiger partial charge in [-0.1, -0.05) is 29.3 Å². The first-order valence-electron chi connectivity index (χ1n) is 10.9. The molecule has 1 saturated heterocycles. The van der Waals surface area contributed by atoms with Crippen molar-refractivity contribution in [1.29, 1.82) is 0 Å². The van der Waals surface area contributed by atoms with Crippen LogP contribution >= 0.6 is 45.8 Å². The number of carbonyl (C=O) groups is 3. The maximum Gasteiger partial charge on any atom is 0.335 e. The Labute approximate surface area is 235 Å². The van der Waals surface area contributed by atoms with E-state index in [1.54, 1.807) is 30.3 Å². The lowest BCUT2D eigenvalue weighted by Crippen LogP contribution is -2.54. The van der Waals surface area contributed by atoms with Crippen molar-refractivity contribution in [2.45, 2.75) is 13.5 Å². The Morgan fingerprint density at radius 3 is 2.41 bits per heavy atom. The summed E-state index contributed by atoms with van der Waals surface area (Å²) in [5, 5.41) is 2.99. The van der Waals surface area contributed by atoms with Gasteiger partial charge in [0.05, 0.1) is 25.9 Å². The third-order valence-corrected chi connectivity index (χ3v) is 6.74. The van der Waals surface area contributed by atoms with Crippen LogP contribution in [0.15, 0.2) is 60.2 Å². The number of ether oxygens (including phenoxy) is 2. The average Bonchev–Trinajstić information content (AvgIpc) is 2.84. The molecule has 7 nitrogen and oxygen atoms in total. The fourth-order valence-electron chi connectivity index (χ4n) is 3.51. The summed E-state index contributed by atoms with van der Waals surface area (Å²) in [5.41, 5.74) is 1.13. The van der Waals surface area contributed by atoms with E-state index in [1.807, 2.05) is 6.92 Å². The molecule has 0 radical (unpaired) electrons. The SMILES string of the molecule is CCOc1cc(/C=C2\C(=O)NC(=O)N(c3ccc(F)cc3)C2=O)cc(I)c1OCc1ccc(Cl)c(Cl)c1. The van der Waals surface area contributed by atoms with Crippen LogP contribution in [-0.2, 0) is 16.2 Å². The summed E-state index contributed by atoms with van der Waals surface area (Å²) >= 11 is 14.1. The van der Waals surface area contributed by atoms with Crippen LogP contribution in [0.3, 0.4) is 0 Å². The van der Waals surface area contributed by atoms with Gasteiger partial charge in [0.25, 0.3) is 11.8 Å². The monoisotopic (exact) mass is 654 g/mol. The van der Waals surface area contributed by atoms with Crippen molar-refractivity contribution in [1.82, 2.24) is 5.32 Å². The van der Waals surface area contributed by atoms with Gasteiger partial charge < -0.3 is 9.47 Å². The Morgan fingerprint density at radius 2 is 1.73 bits per heavy atom. The highest BCUT2D eigenvalue weighted by molar-refractivity contribution is 14.1. The summed E-state index contributed by atoms with van der Waals surface area (Å²) in [4.78, 5) is 38.8. The van der Waals surface area contributed by atoms with Crippen LogP contribution in [0.2, 0.25) is 10.0 Å². The molecule has 4 amide bonds. The van der Waals surface area contributed by atoms with E-state index in [0.29, 0.717) is 37.3 Å². The zero-order valence-corrected chi connectivity index (χ0v) is 22.9. The Bertz CT molecular complexity index is 1430. The van der Waals surface area contributed by atoms with Gasteiger partial charge in [-0.2, -0.15) is 0 Å². The van der Waals surface area contributed by atoms with Crippen molar-refractivity contribution in [2.24, 2.45) is 0 Å². The Balaban J connectivity index is 1.65. The number of nitrogens with one attached hydrogen (secondary N) is 1. The molecular formula is C26H18Cl2FIN2O5. The molecule has 0 aliphatic carbocycles. The van der Waals surface area contributed by atoms with Gasteiger partial charge in [-0.3, -0.25) is 14.9 Å². The van der Waals surface area contributed by atoms with Crippen LogP contribution in [0.5, 0.6) is 11.5 Å². The second-order valence-corrected chi connectivity index (χ2v) is 9.71. The molecule has 0 atom stereocenters. The molecule has 1 fully saturated rings. The number of hydrogen-bond acceptors (Lipinski definition) is 5. The Hall–Kier alpha value is -3.15. The van der Waals surface area contributed by atoms with E-state index in [2.05, 4.69) is 27.9 Å². The van der Waals surface area contributed by atoms with Gasteiger partial charge in [0, 0.05) is 0 Å². The van der Waals surface area contributed by atoms with Crippen molar-refractivity contribution in [3.05, 3.63) is 90.7 Å². The zero-order valence-electron chi connectivity index (χ0n) is 19.2. The van der Waals surface area contributed by atoms with Gasteiger partial charge in [0.1, 0.15) is 18.0 Å². The number of anilines is 1. The molecule has 4 rings (SSSR count). The number of nitrogens with zero attached hydrogens (tertiary/aromatic N) is 1. The fraction of sp³-hybridized carbons (Fsp3) is 0.115. The molecule has 0 aromatic heterocycles. The molecule has 0 saturated carbocycles. The lowest BCUT2D eigenvalue weighted by atomic mass is 10.1. The quantitative estimate of drug-likeness (QED) is 0.182. The van der Waals surface area contributed by atoms with E-state index in [9.17, 15) is 18.8 Å². The second kappa shape index (κ2) is 11.5. The van der Waals surface area contributed by atoms with Crippen LogP contribution in [0.4, 0.5) is 14.9 Å². The summed E-state index contributed by atoms with van der Waals surface area (Å²) in [7, 11) is 0. The number of halogens is 4. The number of imide groups is 2. The van der Waals surface area contributed by atoms with E-state index in [4.69, 9.17) is 32.7 Å². The third kappa shape index (κ3) is 6.06. The fourth-order valence-corrected chi connectivity index (χ4v) is 4.61. The van der Waals surface area contributed by atoms with Gasteiger partial charge in [0.2, 0.25) is 0 Å². The lowest BCUT2D eigenvalue weighted by molar-refractivity contribution is -0.122. The Morgan fingerprint density at radius 1 is 1.00 bits per heavy atom. The molecule has 37 heavy (non-hydrogen) atoms. The molecule has 0 bridgehead atoms. The number of benzene rings is 3. The van der Waals surface area contributed by atoms with Gasteiger partial charge in [-0.05, 0) is 95.2 Å². The minimum Gasteiger partial charge on any atom is -0.490 e. The van der Waals surface area contributed by atoms with Crippen LogP contribution < -0.4 is 19.7 Å². The van der Waals surface area contributed by atoms with Crippen molar-refractivity contribution in [3.8, 4) is 11.5 Å². The normalized spacial score (nSPS) is 14.7. The average molecular weight is 655 g/mol. The standard InChI is InChI=1S/C26H18Cl2FIN2O5/c1-2-36-22-12-15(11-21(30)23(22)37-13-14-3-8-19(27)20(28)10-14)9-18-24(33)31-26(35)32(25(18)34)17-6-4-16(29)5-7-17/h3-12H,2,13H2,1H3,(H,31,33,35)/b18-9+. The van der Waals surface area contributed by atoms with Gasteiger partial charge in [-0.15, -0.1) is 0 Å². The predicted molar refractivity (Wildman–Crippen MR) is 147 cm³/mol. The highest BCUT2D eigenvalue weighted by atomic mass is 127. The van der Waals surface area contributed by atoms with Crippen LogP contribution in [0.1, 0.15) is 18.1 Å². The topological polar surface area (TPSA) is 84.9 Å². The number of hydrogen-bond donors (Lipinski definition) is 1. The molecule has 1 aliphatic rings. The van der Waals surface area contributed by atoms with Gasteiger partial charge in [-0.25, -0.2) is 14.1 Å². The first-order chi connectivity index (χ1) is 17.7. The molecule has 3 aromatic rings. The molecule has 1 N–H and O–H groups in total. The maximum absolute atomic E-state index is 13.3. The second-order valence-electron chi connectivity index (χ2n) is 7.73. The summed E-state index contributed by atoms with van der Waals surface area (Å²) in [6.07, 6.45) is 1.36. The summed E-state index contributed by atoms with van der Waals surface area (Å²) < 4.78 is 25.7. The van der Waals surface area contributed by atoms with Gasteiger partial charge >= 0.3 is 6.03 Å². The molecule has 1 aliphatic heterocycles. The highest BCUT2D eigenvalue weighted by Crippen LogP contribution is 2.36. The molecule has 1 heterocycles. The molecule has 11 heteroatoms. The van der Waals surface area contributed by atoms with E-state index < -0.39 is 23.7 Å². The molecule has 3 aromatic carbocycles. The number of carbonyl (C=O) groups excluding carboxylic acids is 3. The van der Waals surface area contributed by atoms with E-state index in [1.165, 1.54) is 18.2 Å². The summed E-state index contributed by atoms with van der Waals surface area (Å²) in [6.45, 7) is 2.35. The van der Waals surface area contributed by atoms with E-state index in [-0.39, 0.29) is 17.9 Å². The van der Waals surface area contributed by atoms with Crippen molar-refractivity contribution in [3.63, 3.8) is 0 Å². The van der Waals surface area contributed by atoms with E-state index in [0.717, 1.165) is 22.6 Å². The first kappa shape index (κ1) is 26.9. The Kier molecular flexibility index (Phi) is 8.35. The van der Waals surface area contributed by atoms with Crippen LogP contribution in [0, 0.1) is 9.39 Å². The summed E-state index contributed by atoms with van der Waals surface area (Å²) in [6, 6.07) is 12.4. The summed E-state index contributed by atoms with van der Waals surface area (Å²) in [5.74, 6) is -1.34. The van der Waals surface area contributed by atoms with Crippen LogP contribution in [0.25, 0.3) is 6.08 Å².